The Morgan fingerprint density at radius 3 is 2.57 bits per heavy atom. The Kier molecular flexibility index (Phi) is 7.40. The van der Waals surface area contributed by atoms with E-state index in [-0.39, 0.29) is 32.5 Å². The molecule has 0 unspecified atom stereocenters. The van der Waals surface area contributed by atoms with Crippen LogP contribution in [0.25, 0.3) is 38.9 Å². The van der Waals surface area contributed by atoms with Gasteiger partial charge in [0, 0.05) is 34.7 Å². The van der Waals surface area contributed by atoms with Crippen LogP contribution in [0.3, 0.4) is 0 Å². The molecule has 3 aromatic carbocycles. The summed E-state index contributed by atoms with van der Waals surface area (Å²) >= 11 is 0. The van der Waals surface area contributed by atoms with Crippen LogP contribution in [0.1, 0.15) is 55.5 Å². The van der Waals surface area contributed by atoms with E-state index < -0.39 is 0 Å². The summed E-state index contributed by atoms with van der Waals surface area (Å²) in [4.78, 5) is 14.4. The number of fused-ring (bicyclic) bond motifs is 5. The maximum atomic E-state index is 6.69. The second-order valence-corrected chi connectivity index (χ2v) is 13.1. The fraction of sp³-hybridized carbons (Fsp3) is 0.256. The van der Waals surface area contributed by atoms with Crippen LogP contribution in [-0.4, -0.2) is 33.1 Å². The van der Waals surface area contributed by atoms with Gasteiger partial charge in [-0.1, -0.05) is 87.8 Å². The van der Waals surface area contributed by atoms with E-state index in [0.717, 1.165) is 44.7 Å². The van der Waals surface area contributed by atoms with Crippen molar-refractivity contribution in [2.24, 2.45) is 10.9 Å². The van der Waals surface area contributed by atoms with Crippen LogP contribution in [0.5, 0.6) is 11.5 Å². The van der Waals surface area contributed by atoms with E-state index in [1.807, 2.05) is 36.5 Å². The fourth-order valence-electron chi connectivity index (χ4n) is 6.68. The summed E-state index contributed by atoms with van der Waals surface area (Å²) in [6, 6.07) is 28.2. The van der Waals surface area contributed by atoms with Gasteiger partial charge < -0.3 is 14.0 Å². The fourth-order valence-corrected chi connectivity index (χ4v) is 6.68. The van der Waals surface area contributed by atoms with Crippen molar-refractivity contribution in [2.75, 3.05) is 6.61 Å². The first-order valence-corrected chi connectivity index (χ1v) is 15.5. The van der Waals surface area contributed by atoms with Crippen molar-refractivity contribution in [3.05, 3.63) is 113 Å². The molecule has 46 heavy (non-hydrogen) atoms. The van der Waals surface area contributed by atoms with Crippen molar-refractivity contribution in [1.82, 2.24) is 14.5 Å². The Bertz CT molecular complexity index is 2180. The zero-order chi connectivity index (χ0) is 31.0. The third-order valence-corrected chi connectivity index (χ3v) is 9.23. The molecule has 0 saturated carbocycles. The van der Waals surface area contributed by atoms with E-state index in [2.05, 4.69) is 93.6 Å². The van der Waals surface area contributed by atoms with Crippen molar-refractivity contribution >= 4 is 27.8 Å². The second kappa shape index (κ2) is 11.2. The molecule has 6 aromatic rings. The predicted octanol–water partition coefficient (Wildman–Crippen LogP) is 8.69. The van der Waals surface area contributed by atoms with E-state index in [1.165, 1.54) is 22.0 Å². The number of pyridine rings is 2. The third kappa shape index (κ3) is 4.77. The minimum absolute atomic E-state index is 0. The topological polar surface area (TPSA) is 61.5 Å². The average Bonchev–Trinajstić information content (AvgIpc) is 3.66. The normalized spacial score (nSPS) is 16.2. The molecule has 0 bridgehead atoms. The molecule has 0 saturated heterocycles. The van der Waals surface area contributed by atoms with Gasteiger partial charge in [0.1, 0.15) is 11.5 Å². The molecule has 6 nitrogen and oxygen atoms in total. The molecule has 2 aliphatic rings. The second-order valence-electron chi connectivity index (χ2n) is 13.1. The number of hydrogen-bond donors (Lipinski definition) is 0. The first-order valence-electron chi connectivity index (χ1n) is 15.5. The molecule has 1 atom stereocenters. The van der Waals surface area contributed by atoms with Crippen LogP contribution in [-0.2, 0) is 31.2 Å². The average molecular weight is 786 g/mol. The van der Waals surface area contributed by atoms with Gasteiger partial charge in [-0.3, -0.25) is 9.98 Å². The standard InChI is InChI=1S/C39H34N4O2.Pt/c1-22(2)33-21-44-38(42-33)26-16-25(32-12-7-8-13-40-32)17-27(18-26)45-35-19-34-31(15-24(35)4)39(5,6)30-11-9-10-28-29-14-23(3)20-41-37(29)43(34)36(28)30;/h7-17,20,22,33H,21H2,1-6H3;/q-2;+2/t33-;/m0./s1. The van der Waals surface area contributed by atoms with E-state index in [0.29, 0.717) is 29.9 Å². The van der Waals surface area contributed by atoms with Crippen molar-refractivity contribution < 1.29 is 30.5 Å². The molecule has 0 radical (unpaired) electrons. The van der Waals surface area contributed by atoms with Crippen molar-refractivity contribution in [3.63, 3.8) is 0 Å². The van der Waals surface area contributed by atoms with Crippen LogP contribution >= 0.6 is 0 Å². The summed E-state index contributed by atoms with van der Waals surface area (Å²) < 4.78 is 15.0. The first-order chi connectivity index (χ1) is 21.7. The zero-order valence-electron chi connectivity index (χ0n) is 26.7. The summed E-state index contributed by atoms with van der Waals surface area (Å²) in [6.45, 7) is 13.6. The Labute approximate surface area is 283 Å². The molecule has 8 rings (SSSR count). The van der Waals surface area contributed by atoms with Crippen LogP contribution in [0, 0.1) is 31.9 Å². The van der Waals surface area contributed by atoms with Gasteiger partial charge in [0.15, 0.2) is 0 Å². The summed E-state index contributed by atoms with van der Waals surface area (Å²) in [5.41, 5.74) is 9.91. The van der Waals surface area contributed by atoms with Gasteiger partial charge in [0.05, 0.1) is 23.9 Å². The van der Waals surface area contributed by atoms with Crippen LogP contribution in [0.4, 0.5) is 0 Å². The van der Waals surface area contributed by atoms with Crippen LogP contribution < -0.4 is 4.74 Å². The van der Waals surface area contributed by atoms with Crippen LogP contribution in [0.2, 0.25) is 0 Å². The quantitative estimate of drug-likeness (QED) is 0.164. The molecule has 7 heteroatoms. The number of aliphatic imine (C=N–C) groups is 1. The van der Waals surface area contributed by atoms with Crippen molar-refractivity contribution in [3.8, 4) is 28.4 Å². The Balaban J connectivity index is 0.00000338. The van der Waals surface area contributed by atoms with Crippen LogP contribution in [0.15, 0.2) is 78.0 Å². The largest absolute Gasteiger partial charge is 2.00 e. The number of aryl methyl sites for hydroxylation is 2. The third-order valence-electron chi connectivity index (χ3n) is 9.23. The number of nitrogens with zero attached hydrogens (tertiary/aromatic N) is 4. The molecule has 0 N–H and O–H groups in total. The molecule has 3 aromatic heterocycles. The Hall–Kier alpha value is -4.28. The molecule has 2 aliphatic heterocycles. The summed E-state index contributed by atoms with van der Waals surface area (Å²) in [6.07, 6.45) is 3.73. The minimum atomic E-state index is -0.239. The smallest absolute Gasteiger partial charge is 0.518 e. The van der Waals surface area contributed by atoms with Crippen molar-refractivity contribution in [1.29, 1.82) is 0 Å². The summed E-state index contributed by atoms with van der Waals surface area (Å²) in [5, 5.41) is 2.34. The van der Waals surface area contributed by atoms with Gasteiger partial charge in [-0.25, -0.2) is 4.98 Å². The summed E-state index contributed by atoms with van der Waals surface area (Å²) in [5.74, 6) is 2.16. The molecule has 0 fully saturated rings. The minimum Gasteiger partial charge on any atom is -0.518 e. The van der Waals surface area contributed by atoms with Gasteiger partial charge in [0.2, 0.25) is 0 Å². The number of para-hydroxylation sites is 1. The van der Waals surface area contributed by atoms with E-state index in [4.69, 9.17) is 19.5 Å². The summed E-state index contributed by atoms with van der Waals surface area (Å²) in [7, 11) is 0. The van der Waals surface area contributed by atoms with Gasteiger partial charge >= 0.3 is 21.1 Å². The molecular weight excluding hydrogens is 752 g/mol. The zero-order valence-corrected chi connectivity index (χ0v) is 29.0. The van der Waals surface area contributed by atoms with Gasteiger partial charge in [-0.2, -0.15) is 6.07 Å². The molecular formula is C39H34N4O2Pt. The van der Waals surface area contributed by atoms with E-state index in [9.17, 15) is 0 Å². The molecule has 0 spiro atoms. The van der Waals surface area contributed by atoms with E-state index >= 15 is 0 Å². The van der Waals surface area contributed by atoms with Gasteiger partial charge in [-0.05, 0) is 47.6 Å². The number of hydrogen-bond acceptors (Lipinski definition) is 5. The van der Waals surface area contributed by atoms with Gasteiger partial charge in [-0.15, -0.1) is 23.3 Å². The number of ether oxygens (including phenoxy) is 2. The molecule has 232 valence electrons. The van der Waals surface area contributed by atoms with Gasteiger partial charge in [0.25, 0.3) is 0 Å². The first kappa shape index (κ1) is 30.4. The molecule has 5 heterocycles. The predicted molar refractivity (Wildman–Crippen MR) is 179 cm³/mol. The van der Waals surface area contributed by atoms with Crippen molar-refractivity contribution in [2.45, 2.75) is 53.0 Å². The molecule has 0 aliphatic carbocycles. The van der Waals surface area contributed by atoms with E-state index in [1.54, 1.807) is 6.20 Å². The maximum Gasteiger partial charge on any atom is 2.00 e. The SMILES string of the molecule is Cc1cnc2c(c1)c1cccc3c1n2-c1[c-]c(Oc2[c-]c(C4=N[C@H](C(C)C)CO4)cc(-c4ccccn4)c2)c(C)cc1C3(C)C.[Pt+2]. The number of rotatable bonds is 5. The number of benzene rings is 3. The monoisotopic (exact) mass is 785 g/mol. The molecule has 0 amide bonds. The Morgan fingerprint density at radius 1 is 0.957 bits per heavy atom. The maximum absolute atomic E-state index is 6.69. The Morgan fingerprint density at radius 2 is 1.80 bits per heavy atom. The number of aromatic nitrogens is 3.